The normalized spacial score (nSPS) is 22.0. The van der Waals surface area contributed by atoms with Crippen molar-refractivity contribution in [2.75, 3.05) is 13.3 Å². The number of thioether (sulfide) groups is 1. The minimum absolute atomic E-state index is 0.0313. The van der Waals surface area contributed by atoms with E-state index in [0.717, 1.165) is 25.3 Å². The van der Waals surface area contributed by atoms with E-state index in [9.17, 15) is 18.7 Å². The quantitative estimate of drug-likeness (QED) is 0.933. The molecule has 1 amide bonds. The SMILES string of the molecule is CS[C@H]1CC[C@H](N(C)C(=O)c2c(O)cc(F)cc2F)C1. The average molecular weight is 301 g/mol. The summed E-state index contributed by atoms with van der Waals surface area (Å²) in [5.74, 6) is -3.19. The highest BCUT2D eigenvalue weighted by Gasteiger charge is 2.32. The number of rotatable bonds is 3. The van der Waals surface area contributed by atoms with Gasteiger partial charge in [0.2, 0.25) is 0 Å². The zero-order valence-electron chi connectivity index (χ0n) is 11.4. The number of aromatic hydroxyl groups is 1. The van der Waals surface area contributed by atoms with Gasteiger partial charge in [-0.15, -0.1) is 0 Å². The van der Waals surface area contributed by atoms with Crippen LogP contribution in [0.1, 0.15) is 29.6 Å². The van der Waals surface area contributed by atoms with Crippen molar-refractivity contribution in [2.45, 2.75) is 30.6 Å². The number of nitrogens with zero attached hydrogens (tertiary/aromatic N) is 1. The highest BCUT2D eigenvalue weighted by Crippen LogP contribution is 2.32. The molecule has 3 nitrogen and oxygen atoms in total. The summed E-state index contributed by atoms with van der Waals surface area (Å²) in [6, 6.07) is 1.40. The van der Waals surface area contributed by atoms with Crippen LogP contribution in [0.2, 0.25) is 0 Å². The van der Waals surface area contributed by atoms with Crippen LogP contribution in [-0.4, -0.2) is 40.5 Å². The Morgan fingerprint density at radius 3 is 2.65 bits per heavy atom. The van der Waals surface area contributed by atoms with E-state index < -0.39 is 28.9 Å². The van der Waals surface area contributed by atoms with Gasteiger partial charge >= 0.3 is 0 Å². The fourth-order valence-corrected chi connectivity index (χ4v) is 3.38. The second-order valence-electron chi connectivity index (χ2n) is 5.02. The number of phenolic OH excluding ortho intramolecular Hbond substituents is 1. The Morgan fingerprint density at radius 1 is 1.40 bits per heavy atom. The third kappa shape index (κ3) is 2.90. The maximum absolute atomic E-state index is 13.7. The van der Waals surface area contributed by atoms with Crippen LogP contribution in [0.25, 0.3) is 0 Å². The molecule has 1 aliphatic carbocycles. The standard InChI is InChI=1S/C14H17F2NO2S/c1-17(9-3-4-10(7-9)20-2)14(19)13-11(16)5-8(15)6-12(13)18/h5-6,9-10,18H,3-4,7H2,1-2H3/t9-,10-/m0/s1. The summed E-state index contributed by atoms with van der Waals surface area (Å²) in [5.41, 5.74) is -0.457. The Labute approximate surface area is 121 Å². The van der Waals surface area contributed by atoms with Gasteiger partial charge < -0.3 is 10.0 Å². The number of hydrogen-bond acceptors (Lipinski definition) is 3. The van der Waals surface area contributed by atoms with Gasteiger partial charge in [-0.25, -0.2) is 8.78 Å². The third-order valence-corrected chi connectivity index (χ3v) is 4.90. The second-order valence-corrected chi connectivity index (χ2v) is 6.16. The van der Waals surface area contributed by atoms with Gasteiger partial charge in [0.25, 0.3) is 5.91 Å². The molecule has 0 aliphatic heterocycles. The van der Waals surface area contributed by atoms with Crippen molar-refractivity contribution >= 4 is 17.7 Å². The topological polar surface area (TPSA) is 40.5 Å². The smallest absolute Gasteiger partial charge is 0.260 e. The monoisotopic (exact) mass is 301 g/mol. The maximum atomic E-state index is 13.7. The first-order chi connectivity index (χ1) is 9.43. The molecule has 6 heteroatoms. The molecule has 0 spiro atoms. The van der Waals surface area contributed by atoms with Crippen molar-refractivity contribution in [1.29, 1.82) is 0 Å². The molecular weight excluding hydrogens is 284 g/mol. The molecule has 0 heterocycles. The van der Waals surface area contributed by atoms with Gasteiger partial charge in [0.1, 0.15) is 22.9 Å². The maximum Gasteiger partial charge on any atom is 0.260 e. The van der Waals surface area contributed by atoms with Crippen LogP contribution in [0.3, 0.4) is 0 Å². The average Bonchev–Trinajstić information content (AvgIpc) is 2.85. The molecule has 1 aromatic rings. The molecule has 1 fully saturated rings. The molecule has 1 saturated carbocycles. The molecule has 2 atom stereocenters. The molecule has 1 aromatic carbocycles. The summed E-state index contributed by atoms with van der Waals surface area (Å²) in [6.07, 6.45) is 4.76. The van der Waals surface area contributed by atoms with E-state index in [1.54, 1.807) is 18.8 Å². The predicted molar refractivity (Wildman–Crippen MR) is 75.1 cm³/mol. The van der Waals surface area contributed by atoms with Gasteiger partial charge in [-0.2, -0.15) is 11.8 Å². The van der Waals surface area contributed by atoms with Crippen LogP contribution in [0.4, 0.5) is 8.78 Å². The molecular formula is C14H17F2NO2S. The van der Waals surface area contributed by atoms with E-state index in [4.69, 9.17) is 0 Å². The molecule has 0 saturated heterocycles. The van der Waals surface area contributed by atoms with Gasteiger partial charge in [0.05, 0.1) is 0 Å². The number of amides is 1. The summed E-state index contributed by atoms with van der Waals surface area (Å²) in [5, 5.41) is 10.1. The summed E-state index contributed by atoms with van der Waals surface area (Å²) < 4.78 is 26.6. The third-order valence-electron chi connectivity index (χ3n) is 3.81. The molecule has 110 valence electrons. The number of carbonyl (C=O) groups excluding carboxylic acids is 1. The summed E-state index contributed by atoms with van der Waals surface area (Å²) in [6.45, 7) is 0. The minimum atomic E-state index is -1.03. The summed E-state index contributed by atoms with van der Waals surface area (Å²) in [4.78, 5) is 13.7. The Balaban J connectivity index is 2.19. The first kappa shape index (κ1) is 15.1. The zero-order valence-corrected chi connectivity index (χ0v) is 12.2. The van der Waals surface area contributed by atoms with E-state index >= 15 is 0 Å². The van der Waals surface area contributed by atoms with Gasteiger partial charge in [0.15, 0.2) is 0 Å². The number of benzene rings is 1. The van der Waals surface area contributed by atoms with Gasteiger partial charge in [-0.05, 0) is 25.5 Å². The first-order valence-electron chi connectivity index (χ1n) is 6.42. The van der Waals surface area contributed by atoms with Crippen molar-refractivity contribution in [3.63, 3.8) is 0 Å². The van der Waals surface area contributed by atoms with Crippen molar-refractivity contribution in [3.8, 4) is 5.75 Å². The highest BCUT2D eigenvalue weighted by atomic mass is 32.2. The van der Waals surface area contributed by atoms with Crippen LogP contribution < -0.4 is 0 Å². The lowest BCUT2D eigenvalue weighted by Crippen LogP contribution is -2.36. The van der Waals surface area contributed by atoms with E-state index in [1.165, 1.54) is 4.90 Å². The Morgan fingerprint density at radius 2 is 2.10 bits per heavy atom. The molecule has 0 radical (unpaired) electrons. The van der Waals surface area contributed by atoms with E-state index in [0.29, 0.717) is 11.3 Å². The molecule has 1 N–H and O–H groups in total. The molecule has 20 heavy (non-hydrogen) atoms. The predicted octanol–water partition coefficient (Wildman–Crippen LogP) is 3.03. The van der Waals surface area contributed by atoms with Crippen molar-refractivity contribution in [3.05, 3.63) is 29.3 Å². The Kier molecular flexibility index (Phi) is 4.52. The molecule has 2 rings (SSSR count). The molecule has 0 bridgehead atoms. The lowest BCUT2D eigenvalue weighted by Gasteiger charge is -2.25. The van der Waals surface area contributed by atoms with Gasteiger partial charge in [-0.1, -0.05) is 0 Å². The lowest BCUT2D eigenvalue weighted by atomic mass is 10.1. The van der Waals surface area contributed by atoms with Crippen LogP contribution in [0, 0.1) is 11.6 Å². The number of hydrogen-bond donors (Lipinski definition) is 1. The Bertz CT molecular complexity index is 501. The fraction of sp³-hybridized carbons (Fsp3) is 0.500. The molecule has 0 aromatic heterocycles. The van der Waals surface area contributed by atoms with Crippen LogP contribution in [0.5, 0.6) is 5.75 Å². The molecule has 0 unspecified atom stereocenters. The first-order valence-corrected chi connectivity index (χ1v) is 7.70. The second kappa shape index (κ2) is 5.99. The fourth-order valence-electron chi connectivity index (χ4n) is 2.60. The summed E-state index contributed by atoms with van der Waals surface area (Å²) in [7, 11) is 1.60. The zero-order chi connectivity index (χ0) is 14.9. The summed E-state index contributed by atoms with van der Waals surface area (Å²) >= 11 is 1.76. The van der Waals surface area contributed by atoms with Crippen LogP contribution in [-0.2, 0) is 0 Å². The Hall–Kier alpha value is -1.30. The van der Waals surface area contributed by atoms with E-state index in [1.807, 2.05) is 6.26 Å². The van der Waals surface area contributed by atoms with Crippen LogP contribution in [0.15, 0.2) is 12.1 Å². The van der Waals surface area contributed by atoms with Crippen molar-refractivity contribution in [2.24, 2.45) is 0 Å². The number of halogens is 2. The van der Waals surface area contributed by atoms with Gasteiger partial charge in [0, 0.05) is 30.5 Å². The largest absolute Gasteiger partial charge is 0.507 e. The number of carbonyl (C=O) groups is 1. The van der Waals surface area contributed by atoms with Gasteiger partial charge in [-0.3, -0.25) is 4.79 Å². The van der Waals surface area contributed by atoms with Crippen molar-refractivity contribution in [1.82, 2.24) is 4.90 Å². The van der Waals surface area contributed by atoms with Crippen molar-refractivity contribution < 1.29 is 18.7 Å². The molecule has 1 aliphatic rings. The number of phenols is 1. The van der Waals surface area contributed by atoms with E-state index in [2.05, 4.69) is 0 Å². The lowest BCUT2D eigenvalue weighted by molar-refractivity contribution is 0.0727. The van der Waals surface area contributed by atoms with E-state index in [-0.39, 0.29) is 6.04 Å². The minimum Gasteiger partial charge on any atom is -0.507 e. The highest BCUT2D eigenvalue weighted by molar-refractivity contribution is 7.99. The van der Waals surface area contributed by atoms with Crippen LogP contribution >= 0.6 is 11.8 Å².